The summed E-state index contributed by atoms with van der Waals surface area (Å²) >= 11 is 0. The number of carbonyl (C=O) groups is 1. The zero-order chi connectivity index (χ0) is 20.5. The van der Waals surface area contributed by atoms with Crippen LogP contribution in [-0.2, 0) is 13.0 Å². The molecule has 4 heteroatoms. The second-order valence-electron chi connectivity index (χ2n) is 9.47. The second-order valence-corrected chi connectivity index (χ2v) is 9.47. The van der Waals surface area contributed by atoms with Crippen LogP contribution in [0.3, 0.4) is 0 Å². The first kappa shape index (κ1) is 19.8. The predicted molar refractivity (Wildman–Crippen MR) is 118 cm³/mol. The van der Waals surface area contributed by atoms with Gasteiger partial charge in [0.2, 0.25) is 0 Å². The van der Waals surface area contributed by atoms with E-state index in [9.17, 15) is 9.90 Å². The lowest BCUT2D eigenvalue weighted by Gasteiger charge is -2.55. The van der Waals surface area contributed by atoms with Crippen molar-refractivity contribution >= 4 is 5.91 Å². The van der Waals surface area contributed by atoms with Gasteiger partial charge in [0.25, 0.3) is 5.91 Å². The highest BCUT2D eigenvalue weighted by molar-refractivity contribution is 5.94. The second kappa shape index (κ2) is 8.52. The lowest BCUT2D eigenvalue weighted by molar-refractivity contribution is -0.0498. The number of fused-ring (bicyclic) bond motifs is 4. The summed E-state index contributed by atoms with van der Waals surface area (Å²) in [6, 6.07) is 19.6. The smallest absolute Gasteiger partial charge is 0.253 e. The molecule has 158 valence electrons. The zero-order valence-electron chi connectivity index (χ0n) is 17.6. The molecule has 2 bridgehead atoms. The first-order chi connectivity index (χ1) is 14.7. The number of carbonyl (C=O) groups excluding carboxylic acids is 1. The third-order valence-electron chi connectivity index (χ3n) is 7.50. The lowest BCUT2D eigenvalue weighted by atomic mass is 9.74. The van der Waals surface area contributed by atoms with E-state index in [1.54, 1.807) is 0 Å². The molecule has 30 heavy (non-hydrogen) atoms. The predicted octanol–water partition coefficient (Wildman–Crippen LogP) is 3.74. The molecule has 0 radical (unpaired) electrons. The zero-order valence-corrected chi connectivity index (χ0v) is 17.6. The molecule has 3 aliphatic heterocycles. The standard InChI is InChI=1S/C26H32N2O2/c29-18-20-9-11-22(12-10-20)26(30)27-15-21-13-23(17-27)25-8-4-7-24(28(25)16-21)14-19-5-2-1-3-6-19/h1-3,5-6,9-12,21,23-25,29H,4,7-8,13-18H2/t21-,23+,24+,25-/m0/s1. The molecule has 3 fully saturated rings. The lowest BCUT2D eigenvalue weighted by Crippen LogP contribution is -2.62. The SMILES string of the molecule is O=C(c1ccc(CO)cc1)N1C[C@@H]2C[C@H](C1)[C@@H]1CCC[C@H](Cc3ccccc3)N1C2. The van der Waals surface area contributed by atoms with Crippen LogP contribution in [0.2, 0.25) is 0 Å². The van der Waals surface area contributed by atoms with Crippen molar-refractivity contribution in [2.24, 2.45) is 11.8 Å². The number of aliphatic hydroxyl groups is 1. The van der Waals surface area contributed by atoms with Gasteiger partial charge in [-0.25, -0.2) is 0 Å². The summed E-state index contributed by atoms with van der Waals surface area (Å²) in [6.45, 7) is 2.91. The number of nitrogens with zero attached hydrogens (tertiary/aromatic N) is 2. The molecule has 4 atom stereocenters. The van der Waals surface area contributed by atoms with Gasteiger partial charge in [-0.3, -0.25) is 9.69 Å². The van der Waals surface area contributed by atoms with E-state index < -0.39 is 0 Å². The molecular formula is C26H32N2O2. The molecule has 0 aliphatic carbocycles. The van der Waals surface area contributed by atoms with Gasteiger partial charge >= 0.3 is 0 Å². The van der Waals surface area contributed by atoms with Crippen molar-refractivity contribution in [3.8, 4) is 0 Å². The van der Waals surface area contributed by atoms with Crippen molar-refractivity contribution < 1.29 is 9.90 Å². The first-order valence-corrected chi connectivity index (χ1v) is 11.5. The Kier molecular flexibility index (Phi) is 5.62. The Bertz CT molecular complexity index is 866. The number of aliphatic hydroxyl groups excluding tert-OH is 1. The average molecular weight is 405 g/mol. The number of amides is 1. The van der Waals surface area contributed by atoms with Crippen molar-refractivity contribution in [3.63, 3.8) is 0 Å². The fraction of sp³-hybridized carbons (Fsp3) is 0.500. The number of hydrogen-bond acceptors (Lipinski definition) is 3. The minimum absolute atomic E-state index is 0.0179. The van der Waals surface area contributed by atoms with Crippen LogP contribution in [0.5, 0.6) is 0 Å². The minimum Gasteiger partial charge on any atom is -0.392 e. The topological polar surface area (TPSA) is 43.8 Å². The van der Waals surface area contributed by atoms with Gasteiger partial charge in [-0.1, -0.05) is 48.9 Å². The monoisotopic (exact) mass is 404 g/mol. The third-order valence-corrected chi connectivity index (χ3v) is 7.50. The summed E-state index contributed by atoms with van der Waals surface area (Å²) in [5.41, 5.74) is 3.04. The summed E-state index contributed by atoms with van der Waals surface area (Å²) in [5, 5.41) is 9.25. The Morgan fingerprint density at radius 2 is 1.73 bits per heavy atom. The summed E-state index contributed by atoms with van der Waals surface area (Å²) in [4.78, 5) is 18.1. The Morgan fingerprint density at radius 3 is 2.50 bits per heavy atom. The van der Waals surface area contributed by atoms with Crippen LogP contribution in [0, 0.1) is 11.8 Å². The van der Waals surface area contributed by atoms with E-state index in [1.165, 1.54) is 31.2 Å². The molecule has 3 saturated heterocycles. The van der Waals surface area contributed by atoms with Crippen molar-refractivity contribution in [2.45, 2.75) is 50.8 Å². The highest BCUT2D eigenvalue weighted by atomic mass is 16.3. The number of likely N-dealkylation sites (tertiary alicyclic amines) is 1. The molecule has 1 amide bonds. The molecule has 3 aliphatic rings. The summed E-state index contributed by atoms with van der Waals surface area (Å²) in [6.07, 6.45) is 6.29. The maximum absolute atomic E-state index is 13.1. The van der Waals surface area contributed by atoms with Gasteiger partial charge in [0.15, 0.2) is 0 Å². The number of rotatable bonds is 4. The normalized spacial score (nSPS) is 28.8. The molecule has 2 aromatic rings. The van der Waals surface area contributed by atoms with Gasteiger partial charge in [-0.2, -0.15) is 0 Å². The summed E-state index contributed by atoms with van der Waals surface area (Å²) < 4.78 is 0. The maximum Gasteiger partial charge on any atom is 0.253 e. The van der Waals surface area contributed by atoms with Crippen LogP contribution in [0.15, 0.2) is 54.6 Å². The van der Waals surface area contributed by atoms with Gasteiger partial charge in [-0.15, -0.1) is 0 Å². The largest absolute Gasteiger partial charge is 0.392 e. The van der Waals surface area contributed by atoms with Crippen LogP contribution in [0.25, 0.3) is 0 Å². The maximum atomic E-state index is 13.1. The molecule has 0 unspecified atom stereocenters. The highest BCUT2D eigenvalue weighted by Gasteiger charge is 2.45. The van der Waals surface area contributed by atoms with E-state index in [0.717, 1.165) is 37.2 Å². The van der Waals surface area contributed by atoms with Crippen molar-refractivity contribution in [3.05, 3.63) is 71.3 Å². The van der Waals surface area contributed by atoms with Crippen LogP contribution in [0.4, 0.5) is 0 Å². The molecule has 4 nitrogen and oxygen atoms in total. The van der Waals surface area contributed by atoms with Crippen LogP contribution in [-0.4, -0.2) is 52.5 Å². The van der Waals surface area contributed by atoms with Gasteiger partial charge in [0, 0.05) is 37.3 Å². The summed E-state index contributed by atoms with van der Waals surface area (Å²) in [5.74, 6) is 1.33. The number of hydrogen-bond donors (Lipinski definition) is 1. The molecule has 0 spiro atoms. The Hall–Kier alpha value is -2.17. The molecule has 2 aromatic carbocycles. The third kappa shape index (κ3) is 3.91. The van der Waals surface area contributed by atoms with E-state index in [0.29, 0.717) is 23.9 Å². The highest BCUT2D eigenvalue weighted by Crippen LogP contribution is 2.40. The molecule has 0 aromatic heterocycles. The van der Waals surface area contributed by atoms with Gasteiger partial charge in [0.1, 0.15) is 0 Å². The van der Waals surface area contributed by atoms with Gasteiger partial charge in [0.05, 0.1) is 6.61 Å². The van der Waals surface area contributed by atoms with E-state index in [4.69, 9.17) is 0 Å². The van der Waals surface area contributed by atoms with Gasteiger partial charge in [-0.05, 0) is 60.8 Å². The molecule has 3 heterocycles. The fourth-order valence-corrected chi connectivity index (χ4v) is 6.12. The Balaban J connectivity index is 1.29. The van der Waals surface area contributed by atoms with E-state index in [1.807, 2.05) is 24.3 Å². The van der Waals surface area contributed by atoms with Crippen LogP contribution < -0.4 is 0 Å². The van der Waals surface area contributed by atoms with Crippen molar-refractivity contribution in [2.75, 3.05) is 19.6 Å². The molecule has 1 N–H and O–H groups in total. The Labute approximate surface area is 179 Å². The molecular weight excluding hydrogens is 372 g/mol. The summed E-state index contributed by atoms with van der Waals surface area (Å²) in [7, 11) is 0. The van der Waals surface area contributed by atoms with Gasteiger partial charge < -0.3 is 10.0 Å². The van der Waals surface area contributed by atoms with Crippen molar-refractivity contribution in [1.29, 1.82) is 0 Å². The van der Waals surface area contributed by atoms with E-state index >= 15 is 0 Å². The molecule has 0 saturated carbocycles. The quantitative estimate of drug-likeness (QED) is 0.844. The fourth-order valence-electron chi connectivity index (χ4n) is 6.12. The first-order valence-electron chi connectivity index (χ1n) is 11.5. The van der Waals surface area contributed by atoms with E-state index in [-0.39, 0.29) is 12.5 Å². The van der Waals surface area contributed by atoms with Crippen LogP contribution in [0.1, 0.15) is 47.2 Å². The minimum atomic E-state index is 0.0179. The van der Waals surface area contributed by atoms with Crippen molar-refractivity contribution in [1.82, 2.24) is 9.80 Å². The molecule has 5 rings (SSSR count). The number of piperidine rings is 3. The van der Waals surface area contributed by atoms with Crippen LogP contribution >= 0.6 is 0 Å². The Morgan fingerprint density at radius 1 is 0.933 bits per heavy atom. The number of benzene rings is 2. The average Bonchev–Trinajstić information content (AvgIpc) is 2.80. The van der Waals surface area contributed by atoms with E-state index in [2.05, 4.69) is 40.1 Å².